The van der Waals surface area contributed by atoms with Gasteiger partial charge in [0.05, 0.1) is 6.04 Å². The number of amides is 1. The third-order valence-corrected chi connectivity index (χ3v) is 5.10. The molecule has 124 valence electrons. The number of benzene rings is 2. The van der Waals surface area contributed by atoms with Crippen molar-refractivity contribution in [1.82, 2.24) is 4.90 Å². The van der Waals surface area contributed by atoms with Gasteiger partial charge in [-0.15, -0.1) is 12.4 Å². The van der Waals surface area contributed by atoms with Crippen LogP contribution in [0.1, 0.15) is 22.0 Å². The van der Waals surface area contributed by atoms with Crippen molar-refractivity contribution in [2.75, 3.05) is 24.2 Å². The Kier molecular flexibility index (Phi) is 5.11. The predicted octanol–water partition coefficient (Wildman–Crippen LogP) is 3.82. The van der Waals surface area contributed by atoms with Gasteiger partial charge >= 0.3 is 0 Å². The second-order valence-electron chi connectivity index (χ2n) is 5.67. The monoisotopic (exact) mass is 359 g/mol. The van der Waals surface area contributed by atoms with Crippen LogP contribution in [0.5, 0.6) is 0 Å². The van der Waals surface area contributed by atoms with Crippen LogP contribution in [0, 0.1) is 0 Å². The number of carbonyl (C=O) groups is 1. The van der Waals surface area contributed by atoms with Crippen LogP contribution in [0.3, 0.4) is 0 Å². The summed E-state index contributed by atoms with van der Waals surface area (Å²) in [4.78, 5) is 19.4. The number of fused-ring (bicyclic) bond motifs is 1. The van der Waals surface area contributed by atoms with E-state index in [0.717, 1.165) is 35.3 Å². The van der Waals surface area contributed by atoms with E-state index in [2.05, 4.69) is 16.3 Å². The molecular weight excluding hydrogens is 342 g/mol. The second-order valence-corrected chi connectivity index (χ2v) is 6.73. The Morgan fingerprint density at radius 3 is 2.79 bits per heavy atom. The first-order chi connectivity index (χ1) is 11.3. The molecule has 1 amide bonds. The van der Waals surface area contributed by atoms with Gasteiger partial charge in [-0.1, -0.05) is 42.1 Å². The van der Waals surface area contributed by atoms with Crippen molar-refractivity contribution in [2.24, 2.45) is 4.99 Å². The zero-order valence-corrected chi connectivity index (χ0v) is 14.6. The van der Waals surface area contributed by atoms with Gasteiger partial charge < -0.3 is 10.2 Å². The van der Waals surface area contributed by atoms with E-state index in [-0.39, 0.29) is 24.4 Å². The van der Waals surface area contributed by atoms with Gasteiger partial charge in [-0.3, -0.25) is 9.79 Å². The third kappa shape index (κ3) is 3.42. The molecule has 2 aromatic rings. The topological polar surface area (TPSA) is 44.7 Å². The SMILES string of the molecule is Cl.O=C(Nc1cccc(C2CN3CCSC3=N2)c1)c1ccccc1. The van der Waals surface area contributed by atoms with Crippen LogP contribution >= 0.6 is 24.2 Å². The number of carbonyl (C=O) groups excluding carboxylic acids is 1. The highest BCUT2D eigenvalue weighted by Crippen LogP contribution is 2.33. The summed E-state index contributed by atoms with van der Waals surface area (Å²) in [5.41, 5.74) is 2.63. The van der Waals surface area contributed by atoms with Gasteiger partial charge in [-0.2, -0.15) is 0 Å². The van der Waals surface area contributed by atoms with Crippen molar-refractivity contribution >= 4 is 40.9 Å². The summed E-state index contributed by atoms with van der Waals surface area (Å²) in [7, 11) is 0. The van der Waals surface area contributed by atoms with Crippen molar-refractivity contribution in [3.8, 4) is 0 Å². The zero-order chi connectivity index (χ0) is 15.6. The van der Waals surface area contributed by atoms with Crippen LogP contribution in [0.2, 0.25) is 0 Å². The molecule has 4 rings (SSSR count). The Balaban J connectivity index is 0.00000169. The first kappa shape index (κ1) is 16.9. The van der Waals surface area contributed by atoms with E-state index in [1.54, 1.807) is 0 Å². The molecule has 1 saturated heterocycles. The molecule has 0 bridgehead atoms. The largest absolute Gasteiger partial charge is 0.348 e. The second kappa shape index (κ2) is 7.28. The molecule has 0 spiro atoms. The number of nitrogens with zero attached hydrogens (tertiary/aromatic N) is 2. The highest BCUT2D eigenvalue weighted by molar-refractivity contribution is 8.14. The highest BCUT2D eigenvalue weighted by atomic mass is 35.5. The van der Waals surface area contributed by atoms with Gasteiger partial charge in [0.2, 0.25) is 0 Å². The normalized spacial score (nSPS) is 18.6. The van der Waals surface area contributed by atoms with Crippen molar-refractivity contribution in [3.05, 3.63) is 65.7 Å². The van der Waals surface area contributed by atoms with E-state index in [1.165, 1.54) is 0 Å². The lowest BCUT2D eigenvalue weighted by Crippen LogP contribution is -2.21. The highest BCUT2D eigenvalue weighted by Gasteiger charge is 2.30. The molecule has 0 saturated carbocycles. The summed E-state index contributed by atoms with van der Waals surface area (Å²) in [5, 5.41) is 4.13. The quantitative estimate of drug-likeness (QED) is 0.906. The lowest BCUT2D eigenvalue weighted by molar-refractivity contribution is 0.102. The third-order valence-electron chi connectivity index (χ3n) is 4.09. The molecule has 0 radical (unpaired) electrons. The van der Waals surface area contributed by atoms with Crippen LogP contribution < -0.4 is 5.32 Å². The van der Waals surface area contributed by atoms with E-state index >= 15 is 0 Å². The van der Waals surface area contributed by atoms with Crippen LogP contribution in [0.25, 0.3) is 0 Å². The molecule has 2 aliphatic rings. The molecule has 2 aromatic carbocycles. The molecule has 1 N–H and O–H groups in total. The van der Waals surface area contributed by atoms with E-state index in [9.17, 15) is 4.79 Å². The maximum Gasteiger partial charge on any atom is 0.255 e. The van der Waals surface area contributed by atoms with Crippen LogP contribution in [0.4, 0.5) is 5.69 Å². The summed E-state index contributed by atoms with van der Waals surface area (Å²) < 4.78 is 0. The maximum absolute atomic E-state index is 12.3. The summed E-state index contributed by atoms with van der Waals surface area (Å²) in [6, 6.07) is 17.4. The van der Waals surface area contributed by atoms with Gasteiger partial charge in [0.1, 0.15) is 0 Å². The number of thioether (sulfide) groups is 1. The van der Waals surface area contributed by atoms with Crippen LogP contribution in [-0.4, -0.2) is 34.8 Å². The lowest BCUT2D eigenvalue weighted by Gasteiger charge is -2.14. The molecular formula is C18H18ClN3OS. The Morgan fingerprint density at radius 2 is 2.00 bits per heavy atom. The zero-order valence-electron chi connectivity index (χ0n) is 13.0. The predicted molar refractivity (Wildman–Crippen MR) is 102 cm³/mol. The molecule has 0 aromatic heterocycles. The molecule has 4 nitrogen and oxygen atoms in total. The molecule has 2 aliphatic heterocycles. The van der Waals surface area contributed by atoms with Crippen LogP contribution in [-0.2, 0) is 0 Å². The van der Waals surface area contributed by atoms with Crippen LogP contribution in [0.15, 0.2) is 59.6 Å². The minimum atomic E-state index is -0.0864. The summed E-state index contributed by atoms with van der Waals surface area (Å²) in [6.07, 6.45) is 0. The van der Waals surface area contributed by atoms with Gasteiger partial charge in [-0.05, 0) is 29.8 Å². The fourth-order valence-corrected chi connectivity index (χ4v) is 3.95. The minimum absolute atomic E-state index is 0. The number of amidine groups is 1. The maximum atomic E-state index is 12.3. The van der Waals surface area contributed by atoms with E-state index in [4.69, 9.17) is 4.99 Å². The number of rotatable bonds is 3. The standard InChI is InChI=1S/C18H17N3OS.ClH/c22-17(13-5-2-1-3-6-13)19-15-8-4-7-14(11-15)16-12-21-9-10-23-18(21)20-16;/h1-8,11,16H,9-10,12H2,(H,19,22);1H. The lowest BCUT2D eigenvalue weighted by atomic mass is 10.1. The van der Waals surface area contributed by atoms with Crippen molar-refractivity contribution in [2.45, 2.75) is 6.04 Å². The molecule has 2 heterocycles. The van der Waals surface area contributed by atoms with Crippen molar-refractivity contribution < 1.29 is 4.79 Å². The minimum Gasteiger partial charge on any atom is -0.348 e. The number of aliphatic imine (C=N–C) groups is 1. The molecule has 1 fully saturated rings. The number of hydrogen-bond acceptors (Lipinski definition) is 4. The molecule has 0 aliphatic carbocycles. The Labute approximate surface area is 151 Å². The van der Waals surface area contributed by atoms with Crippen molar-refractivity contribution in [3.63, 3.8) is 0 Å². The first-order valence-corrected chi connectivity index (χ1v) is 8.70. The Hall–Kier alpha value is -1.98. The molecule has 24 heavy (non-hydrogen) atoms. The van der Waals surface area contributed by atoms with E-state index < -0.39 is 0 Å². The smallest absolute Gasteiger partial charge is 0.255 e. The van der Waals surface area contributed by atoms with Gasteiger partial charge in [-0.25, -0.2) is 0 Å². The number of hydrogen-bond donors (Lipinski definition) is 1. The van der Waals surface area contributed by atoms with E-state index in [0.29, 0.717) is 5.56 Å². The molecule has 1 atom stereocenters. The molecule has 1 unspecified atom stereocenters. The molecule has 6 heteroatoms. The van der Waals surface area contributed by atoms with Crippen molar-refractivity contribution in [1.29, 1.82) is 0 Å². The Bertz CT molecular complexity index is 766. The number of halogens is 1. The van der Waals surface area contributed by atoms with Gasteiger partial charge in [0, 0.05) is 30.1 Å². The summed E-state index contributed by atoms with van der Waals surface area (Å²) >= 11 is 1.83. The van der Waals surface area contributed by atoms with Gasteiger partial charge in [0.25, 0.3) is 5.91 Å². The number of nitrogens with one attached hydrogen (secondary N) is 1. The summed E-state index contributed by atoms with van der Waals surface area (Å²) in [6.45, 7) is 2.03. The average Bonchev–Trinajstić information content (AvgIpc) is 3.17. The Morgan fingerprint density at radius 1 is 1.17 bits per heavy atom. The fourth-order valence-electron chi connectivity index (χ4n) is 2.90. The fraction of sp³-hybridized carbons (Fsp3) is 0.222. The van der Waals surface area contributed by atoms with E-state index in [1.807, 2.05) is 60.3 Å². The van der Waals surface area contributed by atoms with Gasteiger partial charge in [0.15, 0.2) is 5.17 Å². The number of anilines is 1. The first-order valence-electron chi connectivity index (χ1n) is 7.71. The summed E-state index contributed by atoms with van der Waals surface area (Å²) in [5.74, 6) is 1.05. The average molecular weight is 360 g/mol.